The van der Waals surface area contributed by atoms with Crippen molar-refractivity contribution >= 4 is 35.6 Å². The Morgan fingerprint density at radius 1 is 1.04 bits per heavy atom. The van der Waals surface area contributed by atoms with Crippen LogP contribution in [-0.2, 0) is 6.42 Å². The molecule has 1 aliphatic rings. The molecule has 1 aliphatic heterocycles. The van der Waals surface area contributed by atoms with Gasteiger partial charge in [-0.15, -0.1) is 24.0 Å². The summed E-state index contributed by atoms with van der Waals surface area (Å²) in [6.45, 7) is 2.24. The zero-order chi connectivity index (χ0) is 17.3. The molecule has 2 aromatic carbocycles. The Morgan fingerprint density at radius 2 is 1.81 bits per heavy atom. The van der Waals surface area contributed by atoms with E-state index in [4.69, 9.17) is 9.47 Å². The van der Waals surface area contributed by atoms with Gasteiger partial charge in [0.05, 0.1) is 13.2 Å². The first-order valence-corrected chi connectivity index (χ1v) is 8.76. The predicted molar refractivity (Wildman–Crippen MR) is 117 cm³/mol. The van der Waals surface area contributed by atoms with Crippen molar-refractivity contribution in [2.24, 2.45) is 4.99 Å². The molecule has 0 bridgehead atoms. The number of ether oxygens (including phenoxy) is 2. The summed E-state index contributed by atoms with van der Waals surface area (Å²) < 4.78 is 11.4. The summed E-state index contributed by atoms with van der Waals surface area (Å²) in [6.07, 6.45) is 3.00. The smallest absolute Gasteiger partial charge is 0.195 e. The highest BCUT2D eigenvalue weighted by atomic mass is 127. The summed E-state index contributed by atoms with van der Waals surface area (Å²) in [6, 6.07) is 16.4. The molecule has 0 saturated heterocycles. The Balaban J connectivity index is 0.00000243. The van der Waals surface area contributed by atoms with Crippen LogP contribution >= 0.6 is 24.0 Å². The van der Waals surface area contributed by atoms with Crippen LogP contribution in [-0.4, -0.2) is 32.8 Å². The maximum Gasteiger partial charge on any atom is 0.195 e. The number of anilines is 1. The van der Waals surface area contributed by atoms with Crippen molar-refractivity contribution in [3.05, 3.63) is 54.1 Å². The van der Waals surface area contributed by atoms with Crippen LogP contribution in [0, 0.1) is 0 Å². The number of benzene rings is 2. The van der Waals surface area contributed by atoms with Crippen molar-refractivity contribution in [3.8, 4) is 11.5 Å². The second-order valence-corrected chi connectivity index (χ2v) is 5.93. The molecule has 0 saturated carbocycles. The Labute approximate surface area is 172 Å². The second kappa shape index (κ2) is 10.9. The number of nitrogens with zero attached hydrogens (tertiary/aromatic N) is 1. The molecule has 0 radical (unpaired) electrons. The summed E-state index contributed by atoms with van der Waals surface area (Å²) in [5.74, 6) is 2.33. The first-order chi connectivity index (χ1) is 12.3. The Hall–Kier alpha value is -1.96. The SMILES string of the molecule is CN=C(NCCCc1ccccc1)Nc1ccc2c(c1)OCCCO2.I. The van der Waals surface area contributed by atoms with Crippen LogP contribution in [0.25, 0.3) is 0 Å². The van der Waals surface area contributed by atoms with E-state index in [0.717, 1.165) is 49.0 Å². The number of fused-ring (bicyclic) bond motifs is 1. The monoisotopic (exact) mass is 467 g/mol. The highest BCUT2D eigenvalue weighted by Gasteiger charge is 2.11. The highest BCUT2D eigenvalue weighted by molar-refractivity contribution is 14.0. The van der Waals surface area contributed by atoms with Crippen molar-refractivity contribution < 1.29 is 9.47 Å². The van der Waals surface area contributed by atoms with Gasteiger partial charge in [-0.3, -0.25) is 4.99 Å². The van der Waals surface area contributed by atoms with Crippen molar-refractivity contribution in [1.29, 1.82) is 0 Å². The van der Waals surface area contributed by atoms with Gasteiger partial charge in [0.1, 0.15) is 0 Å². The molecular formula is C20H26IN3O2. The lowest BCUT2D eigenvalue weighted by Crippen LogP contribution is -2.31. The minimum Gasteiger partial charge on any atom is -0.490 e. The normalized spacial score (nSPS) is 13.3. The van der Waals surface area contributed by atoms with Gasteiger partial charge < -0.3 is 20.1 Å². The zero-order valence-corrected chi connectivity index (χ0v) is 17.4. The van der Waals surface area contributed by atoms with E-state index >= 15 is 0 Å². The van der Waals surface area contributed by atoms with Gasteiger partial charge in [0.2, 0.25) is 0 Å². The fraction of sp³-hybridized carbons (Fsp3) is 0.350. The molecule has 5 nitrogen and oxygen atoms in total. The molecule has 0 unspecified atom stereocenters. The average Bonchev–Trinajstić information content (AvgIpc) is 2.90. The number of aryl methyl sites for hydroxylation is 1. The molecule has 0 amide bonds. The molecule has 0 aromatic heterocycles. The molecule has 0 atom stereocenters. The number of aliphatic imine (C=N–C) groups is 1. The van der Waals surface area contributed by atoms with Gasteiger partial charge in [-0.25, -0.2) is 0 Å². The van der Waals surface area contributed by atoms with Crippen molar-refractivity contribution in [3.63, 3.8) is 0 Å². The van der Waals surface area contributed by atoms with E-state index < -0.39 is 0 Å². The fourth-order valence-corrected chi connectivity index (χ4v) is 2.70. The molecule has 6 heteroatoms. The van der Waals surface area contributed by atoms with E-state index in [1.54, 1.807) is 7.05 Å². The van der Waals surface area contributed by atoms with Gasteiger partial charge in [-0.1, -0.05) is 30.3 Å². The van der Waals surface area contributed by atoms with Crippen LogP contribution in [0.1, 0.15) is 18.4 Å². The molecule has 3 rings (SSSR count). The summed E-state index contributed by atoms with van der Waals surface area (Å²) in [7, 11) is 1.77. The molecule has 2 N–H and O–H groups in total. The van der Waals surface area contributed by atoms with Crippen molar-refractivity contribution in [1.82, 2.24) is 5.32 Å². The van der Waals surface area contributed by atoms with Crippen LogP contribution in [0.4, 0.5) is 5.69 Å². The van der Waals surface area contributed by atoms with E-state index in [0.29, 0.717) is 13.2 Å². The number of halogens is 1. The van der Waals surface area contributed by atoms with Gasteiger partial charge in [0.25, 0.3) is 0 Å². The average molecular weight is 467 g/mol. The van der Waals surface area contributed by atoms with Gasteiger partial charge >= 0.3 is 0 Å². The molecular weight excluding hydrogens is 441 g/mol. The van der Waals surface area contributed by atoms with E-state index in [9.17, 15) is 0 Å². The summed E-state index contributed by atoms with van der Waals surface area (Å²) >= 11 is 0. The van der Waals surface area contributed by atoms with Crippen LogP contribution in [0.5, 0.6) is 11.5 Å². The first kappa shape index (κ1) is 20.4. The lowest BCUT2D eigenvalue weighted by atomic mass is 10.1. The van der Waals surface area contributed by atoms with Crippen molar-refractivity contribution in [2.45, 2.75) is 19.3 Å². The van der Waals surface area contributed by atoms with Crippen LogP contribution in [0.3, 0.4) is 0 Å². The van der Waals surface area contributed by atoms with Crippen LogP contribution in [0.15, 0.2) is 53.5 Å². The van der Waals surface area contributed by atoms with E-state index in [-0.39, 0.29) is 24.0 Å². The number of rotatable bonds is 5. The predicted octanol–water partition coefficient (Wildman–Crippen LogP) is 4.09. The quantitative estimate of drug-likeness (QED) is 0.301. The third kappa shape index (κ3) is 6.09. The maximum atomic E-state index is 5.73. The molecule has 0 aliphatic carbocycles. The Bertz CT molecular complexity index is 707. The molecule has 1 heterocycles. The number of hydrogen-bond donors (Lipinski definition) is 2. The largest absolute Gasteiger partial charge is 0.490 e. The summed E-state index contributed by atoms with van der Waals surface area (Å²) in [5, 5.41) is 6.65. The number of hydrogen-bond acceptors (Lipinski definition) is 3. The minimum atomic E-state index is 0. The number of nitrogens with one attached hydrogen (secondary N) is 2. The zero-order valence-electron chi connectivity index (χ0n) is 15.0. The molecule has 0 fully saturated rings. The molecule has 0 spiro atoms. The van der Waals surface area contributed by atoms with Gasteiger partial charge in [0.15, 0.2) is 17.5 Å². The maximum absolute atomic E-state index is 5.73. The third-order valence-corrected chi connectivity index (χ3v) is 4.01. The molecule has 2 aromatic rings. The van der Waals surface area contributed by atoms with Gasteiger partial charge in [0, 0.05) is 31.8 Å². The molecule has 26 heavy (non-hydrogen) atoms. The Kier molecular flexibility index (Phi) is 8.53. The minimum absolute atomic E-state index is 0. The van der Waals surface area contributed by atoms with Crippen LogP contribution in [0.2, 0.25) is 0 Å². The fourth-order valence-electron chi connectivity index (χ4n) is 2.70. The second-order valence-electron chi connectivity index (χ2n) is 5.93. The first-order valence-electron chi connectivity index (χ1n) is 8.76. The van der Waals surface area contributed by atoms with Gasteiger partial charge in [-0.05, 0) is 30.5 Å². The van der Waals surface area contributed by atoms with E-state index in [2.05, 4.69) is 39.9 Å². The molecule has 140 valence electrons. The summed E-state index contributed by atoms with van der Waals surface area (Å²) in [4.78, 5) is 4.28. The highest BCUT2D eigenvalue weighted by Crippen LogP contribution is 2.32. The lowest BCUT2D eigenvalue weighted by molar-refractivity contribution is 0.297. The number of guanidine groups is 1. The third-order valence-electron chi connectivity index (χ3n) is 4.01. The standard InChI is InChI=1S/C20H25N3O2.HI/c1-21-20(22-12-5-9-16-7-3-2-4-8-16)23-17-10-11-18-19(15-17)25-14-6-13-24-18;/h2-4,7-8,10-11,15H,5-6,9,12-14H2,1H3,(H2,21,22,23);1H. The van der Waals surface area contributed by atoms with E-state index in [1.807, 2.05) is 24.3 Å². The van der Waals surface area contributed by atoms with Crippen LogP contribution < -0.4 is 20.1 Å². The lowest BCUT2D eigenvalue weighted by Gasteiger charge is -2.14. The van der Waals surface area contributed by atoms with Crippen molar-refractivity contribution in [2.75, 3.05) is 32.1 Å². The van der Waals surface area contributed by atoms with E-state index in [1.165, 1.54) is 5.56 Å². The van der Waals surface area contributed by atoms with Gasteiger partial charge in [-0.2, -0.15) is 0 Å². The Morgan fingerprint density at radius 3 is 2.58 bits per heavy atom. The summed E-state index contributed by atoms with van der Waals surface area (Å²) in [5.41, 5.74) is 2.29. The topological polar surface area (TPSA) is 54.9 Å².